The van der Waals surface area contributed by atoms with Crippen molar-refractivity contribution in [3.05, 3.63) is 123 Å². The molecule has 2 aromatic heterocycles. The lowest BCUT2D eigenvalue weighted by Gasteiger charge is -2.21. The van der Waals surface area contributed by atoms with Gasteiger partial charge in [0.1, 0.15) is 17.9 Å². The van der Waals surface area contributed by atoms with Crippen LogP contribution in [0.15, 0.2) is 79.0 Å². The molecule has 0 saturated carbocycles. The van der Waals surface area contributed by atoms with E-state index in [-0.39, 0.29) is 24.7 Å². The molecule has 5 aromatic rings. The maximum absolute atomic E-state index is 13.4. The molecule has 0 bridgehead atoms. The number of para-hydroxylation sites is 1. The Morgan fingerprint density at radius 3 is 2.53 bits per heavy atom. The fraction of sp³-hybridized carbons (Fsp3) is 0.176. The van der Waals surface area contributed by atoms with Crippen LogP contribution in [-0.2, 0) is 24.4 Å². The second kappa shape index (κ2) is 12.7. The number of carbonyl (C=O) groups is 2. The summed E-state index contributed by atoms with van der Waals surface area (Å²) in [4.78, 5) is 32.7. The van der Waals surface area contributed by atoms with Crippen LogP contribution >= 0.6 is 23.2 Å². The van der Waals surface area contributed by atoms with Gasteiger partial charge in [-0.15, -0.1) is 0 Å². The van der Waals surface area contributed by atoms with E-state index in [1.54, 1.807) is 49.5 Å². The van der Waals surface area contributed by atoms with Crippen LogP contribution in [-0.4, -0.2) is 28.3 Å². The first-order valence-electron chi connectivity index (χ1n) is 13.7. The number of hydrogen-bond acceptors (Lipinski definition) is 5. The number of nitrogens with zero attached hydrogens (tertiary/aromatic N) is 4. The number of amides is 1. The highest BCUT2D eigenvalue weighted by Crippen LogP contribution is 2.35. The first-order valence-corrected chi connectivity index (χ1v) is 14.4. The smallest absolute Gasteiger partial charge is 0.231 e. The van der Waals surface area contributed by atoms with Gasteiger partial charge in [0.25, 0.3) is 0 Å². The van der Waals surface area contributed by atoms with E-state index in [0.29, 0.717) is 56.0 Å². The van der Waals surface area contributed by atoms with Crippen molar-refractivity contribution in [1.29, 1.82) is 5.26 Å². The minimum atomic E-state index is -0.213. The third-order valence-electron chi connectivity index (χ3n) is 7.25. The zero-order valence-electron chi connectivity index (χ0n) is 23.9. The van der Waals surface area contributed by atoms with Gasteiger partial charge in [-0.25, -0.2) is 4.98 Å². The number of ether oxygens (including phenoxy) is 1. The molecule has 3 aromatic carbocycles. The van der Waals surface area contributed by atoms with Crippen LogP contribution in [0, 0.1) is 18.3 Å². The second-order valence-corrected chi connectivity index (χ2v) is 10.9. The van der Waals surface area contributed by atoms with Gasteiger partial charge in [-0.1, -0.05) is 41.4 Å². The Hall–Kier alpha value is -4.64. The fourth-order valence-electron chi connectivity index (χ4n) is 4.85. The summed E-state index contributed by atoms with van der Waals surface area (Å²) in [6.45, 7) is 4.49. The van der Waals surface area contributed by atoms with Gasteiger partial charge in [0.15, 0.2) is 0 Å². The third kappa shape index (κ3) is 6.26. The van der Waals surface area contributed by atoms with Gasteiger partial charge in [-0.2, -0.15) is 5.26 Å². The molecular formula is C34H28Cl2N4O3. The van der Waals surface area contributed by atoms with Crippen molar-refractivity contribution >= 4 is 51.5 Å². The lowest BCUT2D eigenvalue weighted by Crippen LogP contribution is -2.28. The molecule has 0 radical (unpaired) electrons. The van der Waals surface area contributed by atoms with Crippen molar-refractivity contribution in [3.8, 4) is 11.8 Å². The molecule has 0 aliphatic rings. The molecule has 0 saturated heterocycles. The number of hydrogen-bond donors (Lipinski definition) is 0. The van der Waals surface area contributed by atoms with Gasteiger partial charge in [-0.05, 0) is 74.0 Å². The van der Waals surface area contributed by atoms with E-state index in [4.69, 9.17) is 33.2 Å². The number of nitriles is 1. The number of aromatic nitrogens is 2. The maximum Gasteiger partial charge on any atom is 0.231 e. The zero-order chi connectivity index (χ0) is 30.7. The number of fused-ring (bicyclic) bond motifs is 1. The number of halogens is 2. The topological polar surface area (TPSA) is 88.2 Å². The SMILES string of the molecule is CCn1cc(CC(=O)N(C)c2ccc(Cl)c(COc3cccc4ccc(C)nc34)c2Cl)cc1C(=O)c1ccc(C#N)cc1. The Labute approximate surface area is 259 Å². The predicted molar refractivity (Wildman–Crippen MR) is 169 cm³/mol. The number of pyridine rings is 1. The van der Waals surface area contributed by atoms with E-state index < -0.39 is 0 Å². The number of aryl methyl sites for hydroxylation is 2. The normalized spacial score (nSPS) is 10.9. The molecule has 0 atom stereocenters. The van der Waals surface area contributed by atoms with Crippen LogP contribution in [0.4, 0.5) is 5.69 Å². The van der Waals surface area contributed by atoms with Gasteiger partial charge < -0.3 is 14.2 Å². The minimum absolute atomic E-state index is 0.0585. The van der Waals surface area contributed by atoms with E-state index in [1.165, 1.54) is 4.90 Å². The van der Waals surface area contributed by atoms with Crippen molar-refractivity contribution in [1.82, 2.24) is 9.55 Å². The number of benzene rings is 3. The molecule has 0 unspecified atom stereocenters. The summed E-state index contributed by atoms with van der Waals surface area (Å²) >= 11 is 13.3. The van der Waals surface area contributed by atoms with E-state index in [0.717, 1.165) is 16.6 Å². The molecule has 43 heavy (non-hydrogen) atoms. The van der Waals surface area contributed by atoms with E-state index in [1.807, 2.05) is 54.9 Å². The number of ketones is 1. The summed E-state index contributed by atoms with van der Waals surface area (Å²) < 4.78 is 7.94. The number of carbonyl (C=O) groups excluding carboxylic acids is 2. The lowest BCUT2D eigenvalue weighted by molar-refractivity contribution is -0.117. The summed E-state index contributed by atoms with van der Waals surface area (Å²) in [5, 5.41) is 10.7. The minimum Gasteiger partial charge on any atom is -0.487 e. The quantitative estimate of drug-likeness (QED) is 0.161. The van der Waals surface area contributed by atoms with Crippen molar-refractivity contribution in [2.45, 2.75) is 33.4 Å². The van der Waals surface area contributed by atoms with Gasteiger partial charge in [0, 0.05) is 47.0 Å². The molecule has 1 amide bonds. The van der Waals surface area contributed by atoms with Crippen LogP contribution in [0.1, 0.15) is 45.4 Å². The van der Waals surface area contributed by atoms with E-state index in [9.17, 15) is 9.59 Å². The summed E-state index contributed by atoms with van der Waals surface area (Å²) in [5.74, 6) is 0.214. The number of likely N-dealkylation sites (N-methyl/N-ethyl adjacent to an activating group) is 1. The largest absolute Gasteiger partial charge is 0.487 e. The molecular weight excluding hydrogens is 583 g/mol. The van der Waals surface area contributed by atoms with Gasteiger partial charge >= 0.3 is 0 Å². The molecule has 7 nitrogen and oxygen atoms in total. The summed E-state index contributed by atoms with van der Waals surface area (Å²) in [6.07, 6.45) is 1.87. The fourth-order valence-corrected chi connectivity index (χ4v) is 5.46. The number of anilines is 1. The highest BCUT2D eigenvalue weighted by molar-refractivity contribution is 6.38. The Morgan fingerprint density at radius 2 is 1.81 bits per heavy atom. The molecule has 5 rings (SSSR count). The molecule has 0 aliphatic heterocycles. The monoisotopic (exact) mass is 610 g/mol. The van der Waals surface area contributed by atoms with Crippen molar-refractivity contribution in [2.24, 2.45) is 0 Å². The Kier molecular flexibility index (Phi) is 8.81. The Bertz CT molecular complexity index is 1890. The van der Waals surface area contributed by atoms with Crippen LogP contribution in [0.5, 0.6) is 5.75 Å². The van der Waals surface area contributed by atoms with Crippen LogP contribution < -0.4 is 9.64 Å². The average Bonchev–Trinajstić information content (AvgIpc) is 3.43. The molecule has 2 heterocycles. The maximum atomic E-state index is 13.4. The predicted octanol–water partition coefficient (Wildman–Crippen LogP) is 7.56. The van der Waals surface area contributed by atoms with E-state index >= 15 is 0 Å². The van der Waals surface area contributed by atoms with Crippen molar-refractivity contribution in [3.63, 3.8) is 0 Å². The molecule has 0 N–H and O–H groups in total. The molecule has 0 spiro atoms. The summed E-state index contributed by atoms with van der Waals surface area (Å²) in [7, 11) is 1.65. The molecule has 216 valence electrons. The van der Waals surface area contributed by atoms with Crippen LogP contribution in [0.2, 0.25) is 10.0 Å². The lowest BCUT2D eigenvalue weighted by atomic mass is 10.1. The van der Waals surface area contributed by atoms with Crippen molar-refractivity contribution < 1.29 is 14.3 Å². The molecule has 9 heteroatoms. The van der Waals surface area contributed by atoms with Crippen LogP contribution in [0.25, 0.3) is 10.9 Å². The first kappa shape index (κ1) is 29.8. The molecule has 0 aliphatic carbocycles. The van der Waals surface area contributed by atoms with Gasteiger partial charge in [-0.3, -0.25) is 9.59 Å². The standard InChI is InChI=1S/C34H28Cl2N4O3/c1-4-40-19-23(16-29(40)34(42)25-12-9-22(18-37)10-13-25)17-31(41)39(3)28-15-14-27(35)26(32(28)36)20-43-30-7-5-6-24-11-8-21(2)38-33(24)30/h5-16,19H,4,17,20H2,1-3H3. The number of rotatable bonds is 9. The van der Waals surface area contributed by atoms with Crippen LogP contribution in [0.3, 0.4) is 0 Å². The van der Waals surface area contributed by atoms with Gasteiger partial charge in [0.05, 0.1) is 34.5 Å². The highest BCUT2D eigenvalue weighted by atomic mass is 35.5. The third-order valence-corrected chi connectivity index (χ3v) is 8.03. The first-order chi connectivity index (χ1) is 20.7. The second-order valence-electron chi connectivity index (χ2n) is 10.1. The Morgan fingerprint density at radius 1 is 1.05 bits per heavy atom. The average molecular weight is 612 g/mol. The summed E-state index contributed by atoms with van der Waals surface area (Å²) in [6, 6.07) is 23.3. The molecule has 0 fully saturated rings. The zero-order valence-corrected chi connectivity index (χ0v) is 25.4. The van der Waals surface area contributed by atoms with Gasteiger partial charge in [0.2, 0.25) is 11.7 Å². The van der Waals surface area contributed by atoms with E-state index in [2.05, 4.69) is 11.1 Å². The summed E-state index contributed by atoms with van der Waals surface area (Å²) in [5.41, 5.74) is 4.79. The Balaban J connectivity index is 1.34. The van der Waals surface area contributed by atoms with Crippen molar-refractivity contribution in [2.75, 3.05) is 11.9 Å². The highest BCUT2D eigenvalue weighted by Gasteiger charge is 2.22.